The molecule has 124 valence electrons. The van der Waals surface area contributed by atoms with E-state index < -0.39 is 0 Å². The van der Waals surface area contributed by atoms with Gasteiger partial charge >= 0.3 is 0 Å². The van der Waals surface area contributed by atoms with E-state index in [2.05, 4.69) is 0 Å². The number of hydrogen-bond donors (Lipinski definition) is 0. The Kier molecular flexibility index (Phi) is 5.73. The van der Waals surface area contributed by atoms with Crippen molar-refractivity contribution in [3.8, 4) is 0 Å². The molecule has 3 amide bonds. The number of carbonyl (C=O) groups is 3. The van der Waals surface area contributed by atoms with Crippen molar-refractivity contribution in [3.63, 3.8) is 0 Å². The maximum atomic E-state index is 12.4. The molecular formula is C17H23N3O3. The molecule has 0 saturated carbocycles. The van der Waals surface area contributed by atoms with Crippen molar-refractivity contribution in [2.45, 2.75) is 20.4 Å². The van der Waals surface area contributed by atoms with E-state index in [0.717, 1.165) is 5.56 Å². The zero-order valence-electron chi connectivity index (χ0n) is 13.7. The van der Waals surface area contributed by atoms with Crippen molar-refractivity contribution in [1.29, 1.82) is 0 Å². The van der Waals surface area contributed by atoms with Crippen molar-refractivity contribution in [1.82, 2.24) is 14.7 Å². The molecule has 1 aliphatic heterocycles. The topological polar surface area (TPSA) is 60.9 Å². The highest BCUT2D eigenvalue weighted by molar-refractivity contribution is 5.84. The van der Waals surface area contributed by atoms with Gasteiger partial charge < -0.3 is 14.7 Å². The number of nitrogens with zero attached hydrogens (tertiary/aromatic N) is 3. The van der Waals surface area contributed by atoms with Gasteiger partial charge in [0.05, 0.1) is 0 Å². The minimum absolute atomic E-state index is 0.0338. The fourth-order valence-corrected chi connectivity index (χ4v) is 2.62. The number of benzene rings is 1. The Balaban J connectivity index is 1.91. The van der Waals surface area contributed by atoms with Gasteiger partial charge in [0.25, 0.3) is 0 Å². The molecule has 0 spiro atoms. The molecule has 0 aliphatic carbocycles. The molecule has 2 rings (SSSR count). The molecule has 0 radical (unpaired) electrons. The molecule has 0 unspecified atom stereocenters. The zero-order valence-corrected chi connectivity index (χ0v) is 13.7. The van der Waals surface area contributed by atoms with Gasteiger partial charge in [-0.2, -0.15) is 0 Å². The van der Waals surface area contributed by atoms with Crippen LogP contribution in [0, 0.1) is 0 Å². The van der Waals surface area contributed by atoms with E-state index in [1.807, 2.05) is 30.3 Å². The molecule has 1 heterocycles. The van der Waals surface area contributed by atoms with Gasteiger partial charge in [0.1, 0.15) is 6.54 Å². The van der Waals surface area contributed by atoms with Crippen LogP contribution in [0.25, 0.3) is 0 Å². The van der Waals surface area contributed by atoms with Crippen LogP contribution in [-0.2, 0) is 20.9 Å². The second-order valence-electron chi connectivity index (χ2n) is 5.75. The lowest BCUT2D eigenvalue weighted by molar-refractivity contribution is -0.142. The molecule has 1 saturated heterocycles. The molecule has 1 aromatic rings. The smallest absolute Gasteiger partial charge is 0.242 e. The largest absolute Gasteiger partial charge is 0.339 e. The second-order valence-corrected chi connectivity index (χ2v) is 5.75. The summed E-state index contributed by atoms with van der Waals surface area (Å²) < 4.78 is 0. The van der Waals surface area contributed by atoms with Gasteiger partial charge in [-0.25, -0.2) is 0 Å². The van der Waals surface area contributed by atoms with Gasteiger partial charge in [-0.3, -0.25) is 14.4 Å². The lowest BCUT2D eigenvalue weighted by atomic mass is 10.2. The van der Waals surface area contributed by atoms with Gasteiger partial charge in [-0.1, -0.05) is 30.3 Å². The summed E-state index contributed by atoms with van der Waals surface area (Å²) in [6, 6.07) is 9.62. The van der Waals surface area contributed by atoms with Crippen molar-refractivity contribution in [3.05, 3.63) is 35.9 Å². The summed E-state index contributed by atoms with van der Waals surface area (Å²) in [6.07, 6.45) is 0. The summed E-state index contributed by atoms with van der Waals surface area (Å²) in [5.74, 6) is -0.157. The molecule has 0 N–H and O–H groups in total. The van der Waals surface area contributed by atoms with Crippen LogP contribution in [-0.4, -0.2) is 65.1 Å². The van der Waals surface area contributed by atoms with Crippen LogP contribution in [0.15, 0.2) is 30.3 Å². The van der Waals surface area contributed by atoms with E-state index in [9.17, 15) is 14.4 Å². The highest BCUT2D eigenvalue weighted by atomic mass is 16.2. The zero-order chi connectivity index (χ0) is 16.8. The Labute approximate surface area is 136 Å². The number of piperazine rings is 1. The first-order valence-electron chi connectivity index (χ1n) is 7.80. The predicted octanol–water partition coefficient (Wildman–Crippen LogP) is 0.726. The van der Waals surface area contributed by atoms with Crippen molar-refractivity contribution >= 4 is 17.7 Å². The van der Waals surface area contributed by atoms with Crippen molar-refractivity contribution in [2.24, 2.45) is 0 Å². The third-order valence-corrected chi connectivity index (χ3v) is 4.07. The van der Waals surface area contributed by atoms with E-state index >= 15 is 0 Å². The molecule has 1 aliphatic rings. The molecule has 0 bridgehead atoms. The Hall–Kier alpha value is -2.37. The molecule has 0 atom stereocenters. The third kappa shape index (κ3) is 4.81. The van der Waals surface area contributed by atoms with E-state index in [-0.39, 0.29) is 24.3 Å². The highest BCUT2D eigenvalue weighted by Gasteiger charge is 2.24. The molecule has 6 nitrogen and oxygen atoms in total. The minimum Gasteiger partial charge on any atom is -0.339 e. The van der Waals surface area contributed by atoms with Crippen LogP contribution in [0.4, 0.5) is 0 Å². The average Bonchev–Trinajstić information content (AvgIpc) is 2.55. The van der Waals surface area contributed by atoms with Crippen LogP contribution in [0.3, 0.4) is 0 Å². The molecule has 0 aromatic heterocycles. The number of hydrogen-bond acceptors (Lipinski definition) is 3. The normalized spacial score (nSPS) is 14.5. The quantitative estimate of drug-likeness (QED) is 0.822. The molecular weight excluding hydrogens is 294 g/mol. The maximum Gasteiger partial charge on any atom is 0.242 e. The number of rotatable bonds is 4. The van der Waals surface area contributed by atoms with Gasteiger partial charge in [0.15, 0.2) is 0 Å². The summed E-state index contributed by atoms with van der Waals surface area (Å²) in [5.41, 5.74) is 0.997. The Morgan fingerprint density at radius 2 is 1.52 bits per heavy atom. The van der Waals surface area contributed by atoms with E-state index in [1.165, 1.54) is 13.8 Å². The first kappa shape index (κ1) is 17.0. The Morgan fingerprint density at radius 1 is 0.957 bits per heavy atom. The van der Waals surface area contributed by atoms with E-state index in [1.54, 1.807) is 14.7 Å². The summed E-state index contributed by atoms with van der Waals surface area (Å²) in [5, 5.41) is 0. The van der Waals surface area contributed by atoms with Gasteiger partial charge in [-0.05, 0) is 5.56 Å². The average molecular weight is 317 g/mol. The Bertz CT molecular complexity index is 566. The number of amides is 3. The SMILES string of the molecule is CC(=O)N1CCN(C(=O)CN(Cc2ccccc2)C(C)=O)CC1. The maximum absolute atomic E-state index is 12.4. The summed E-state index contributed by atoms with van der Waals surface area (Å²) in [6.45, 7) is 5.67. The second kappa shape index (κ2) is 7.76. The fraction of sp³-hybridized carbons (Fsp3) is 0.471. The van der Waals surface area contributed by atoms with Crippen LogP contribution in [0.2, 0.25) is 0 Å². The standard InChI is InChI=1S/C17H23N3O3/c1-14(21)18-8-10-19(11-9-18)17(23)13-20(15(2)22)12-16-6-4-3-5-7-16/h3-7H,8-13H2,1-2H3. The Morgan fingerprint density at radius 3 is 2.04 bits per heavy atom. The first-order valence-corrected chi connectivity index (χ1v) is 7.80. The summed E-state index contributed by atoms with van der Waals surface area (Å²) >= 11 is 0. The van der Waals surface area contributed by atoms with Crippen molar-refractivity contribution in [2.75, 3.05) is 32.7 Å². The van der Waals surface area contributed by atoms with Gasteiger partial charge in [0, 0.05) is 46.6 Å². The molecule has 6 heteroatoms. The van der Waals surface area contributed by atoms with Crippen LogP contribution >= 0.6 is 0 Å². The van der Waals surface area contributed by atoms with Gasteiger partial charge in [-0.15, -0.1) is 0 Å². The number of carbonyl (C=O) groups excluding carboxylic acids is 3. The van der Waals surface area contributed by atoms with Crippen LogP contribution in [0.5, 0.6) is 0 Å². The lowest BCUT2D eigenvalue weighted by Crippen LogP contribution is -2.52. The predicted molar refractivity (Wildman–Crippen MR) is 86.4 cm³/mol. The van der Waals surface area contributed by atoms with Crippen LogP contribution < -0.4 is 0 Å². The molecule has 1 fully saturated rings. The molecule has 1 aromatic carbocycles. The van der Waals surface area contributed by atoms with E-state index in [0.29, 0.717) is 32.7 Å². The minimum atomic E-state index is -0.121. The van der Waals surface area contributed by atoms with E-state index in [4.69, 9.17) is 0 Å². The monoisotopic (exact) mass is 317 g/mol. The highest BCUT2D eigenvalue weighted by Crippen LogP contribution is 2.07. The molecule has 23 heavy (non-hydrogen) atoms. The van der Waals surface area contributed by atoms with Gasteiger partial charge in [0.2, 0.25) is 17.7 Å². The summed E-state index contributed by atoms with van der Waals surface area (Å²) in [7, 11) is 0. The fourth-order valence-electron chi connectivity index (χ4n) is 2.62. The van der Waals surface area contributed by atoms with Crippen LogP contribution in [0.1, 0.15) is 19.4 Å². The lowest BCUT2D eigenvalue weighted by Gasteiger charge is -2.35. The van der Waals surface area contributed by atoms with Crippen molar-refractivity contribution < 1.29 is 14.4 Å². The third-order valence-electron chi connectivity index (χ3n) is 4.07. The summed E-state index contributed by atoms with van der Waals surface area (Å²) in [4.78, 5) is 40.5. The first-order chi connectivity index (χ1) is 11.0.